The molecule has 2 rings (SSSR count). The number of carbonyl (C=O) groups is 1. The largest absolute Gasteiger partial charge is 0.354 e. The fraction of sp³-hybridized carbons (Fsp3) is 0.533. The van der Waals surface area contributed by atoms with Crippen molar-refractivity contribution in [1.29, 1.82) is 0 Å². The molecule has 110 valence electrons. The van der Waals surface area contributed by atoms with Crippen molar-refractivity contribution >= 4 is 29.3 Å². The summed E-state index contributed by atoms with van der Waals surface area (Å²) in [5.74, 6) is 1.38. The summed E-state index contributed by atoms with van der Waals surface area (Å²) in [5, 5.41) is 3.75. The van der Waals surface area contributed by atoms with Crippen LogP contribution in [0.15, 0.2) is 24.3 Å². The number of halogens is 1. The number of rotatable bonds is 7. The first-order valence-electron chi connectivity index (χ1n) is 7.06. The third-order valence-electron chi connectivity index (χ3n) is 3.40. The van der Waals surface area contributed by atoms with Gasteiger partial charge in [-0.25, -0.2) is 0 Å². The van der Waals surface area contributed by atoms with E-state index in [9.17, 15) is 4.79 Å². The second kappa shape index (κ2) is 8.55. The number of nitrogens with one attached hydrogen (secondary N) is 1. The van der Waals surface area contributed by atoms with Crippen LogP contribution in [0.3, 0.4) is 0 Å². The van der Waals surface area contributed by atoms with E-state index in [0.717, 1.165) is 29.4 Å². The van der Waals surface area contributed by atoms with Crippen LogP contribution >= 0.6 is 23.4 Å². The maximum atomic E-state index is 11.7. The van der Waals surface area contributed by atoms with Crippen LogP contribution in [-0.2, 0) is 10.5 Å². The van der Waals surface area contributed by atoms with E-state index >= 15 is 0 Å². The summed E-state index contributed by atoms with van der Waals surface area (Å²) in [6, 6.07) is 7.77. The SMILES string of the molecule is O=C(CSCc1ccccc1Cl)NCCN1CCCC1. The Bertz CT molecular complexity index is 436. The molecule has 1 aliphatic heterocycles. The summed E-state index contributed by atoms with van der Waals surface area (Å²) in [4.78, 5) is 14.1. The van der Waals surface area contributed by atoms with Gasteiger partial charge in [-0.1, -0.05) is 29.8 Å². The van der Waals surface area contributed by atoms with Crippen molar-refractivity contribution in [3.05, 3.63) is 34.9 Å². The van der Waals surface area contributed by atoms with Crippen LogP contribution in [0.2, 0.25) is 5.02 Å². The average Bonchev–Trinajstić information content (AvgIpc) is 2.94. The Morgan fingerprint density at radius 1 is 1.30 bits per heavy atom. The van der Waals surface area contributed by atoms with Gasteiger partial charge in [0.1, 0.15) is 0 Å². The molecule has 3 nitrogen and oxygen atoms in total. The highest BCUT2D eigenvalue weighted by atomic mass is 35.5. The molecule has 0 aliphatic carbocycles. The zero-order valence-electron chi connectivity index (χ0n) is 11.6. The van der Waals surface area contributed by atoms with Gasteiger partial charge in [0.2, 0.25) is 5.91 Å². The van der Waals surface area contributed by atoms with Gasteiger partial charge in [0.15, 0.2) is 0 Å². The normalized spacial score (nSPS) is 15.4. The second-order valence-corrected chi connectivity index (χ2v) is 6.38. The zero-order chi connectivity index (χ0) is 14.2. The first kappa shape index (κ1) is 15.7. The lowest BCUT2D eigenvalue weighted by Crippen LogP contribution is -2.34. The van der Waals surface area contributed by atoms with Gasteiger partial charge in [-0.2, -0.15) is 0 Å². The monoisotopic (exact) mass is 312 g/mol. The molecule has 0 unspecified atom stereocenters. The number of hydrogen-bond donors (Lipinski definition) is 1. The van der Waals surface area contributed by atoms with E-state index in [2.05, 4.69) is 10.2 Å². The highest BCUT2D eigenvalue weighted by Crippen LogP contribution is 2.20. The molecule has 0 atom stereocenters. The van der Waals surface area contributed by atoms with Gasteiger partial charge < -0.3 is 10.2 Å². The maximum absolute atomic E-state index is 11.7. The minimum atomic E-state index is 0.112. The summed E-state index contributed by atoms with van der Waals surface area (Å²) >= 11 is 7.68. The number of amides is 1. The Balaban J connectivity index is 1.57. The molecule has 0 spiro atoms. The third-order valence-corrected chi connectivity index (χ3v) is 4.75. The van der Waals surface area contributed by atoms with Gasteiger partial charge in [-0.3, -0.25) is 4.79 Å². The second-order valence-electron chi connectivity index (χ2n) is 4.98. The van der Waals surface area contributed by atoms with Crippen LogP contribution in [0.25, 0.3) is 0 Å². The number of benzene rings is 1. The molecule has 1 aromatic rings. The predicted molar refractivity (Wildman–Crippen MR) is 86.3 cm³/mol. The first-order valence-corrected chi connectivity index (χ1v) is 8.59. The first-order chi connectivity index (χ1) is 9.75. The molecule has 1 aliphatic rings. The number of hydrogen-bond acceptors (Lipinski definition) is 3. The van der Waals surface area contributed by atoms with Crippen molar-refractivity contribution in [3.8, 4) is 0 Å². The molecule has 20 heavy (non-hydrogen) atoms. The maximum Gasteiger partial charge on any atom is 0.230 e. The van der Waals surface area contributed by atoms with Gasteiger partial charge in [-0.05, 0) is 37.6 Å². The van der Waals surface area contributed by atoms with Gasteiger partial charge in [0, 0.05) is 23.9 Å². The fourth-order valence-electron chi connectivity index (χ4n) is 2.28. The smallest absolute Gasteiger partial charge is 0.230 e. The highest BCUT2D eigenvalue weighted by molar-refractivity contribution is 7.99. The molecular formula is C15H21ClN2OS. The third kappa shape index (κ3) is 5.35. The predicted octanol–water partition coefficient (Wildman–Crippen LogP) is 2.79. The average molecular weight is 313 g/mol. The topological polar surface area (TPSA) is 32.3 Å². The van der Waals surface area contributed by atoms with Crippen molar-refractivity contribution in [2.45, 2.75) is 18.6 Å². The Hall–Kier alpha value is -0.710. The molecule has 1 amide bonds. The summed E-state index contributed by atoms with van der Waals surface area (Å²) < 4.78 is 0. The van der Waals surface area contributed by atoms with Crippen molar-refractivity contribution in [2.24, 2.45) is 0 Å². The molecule has 1 heterocycles. The number of thioether (sulfide) groups is 1. The van der Waals surface area contributed by atoms with E-state index in [4.69, 9.17) is 11.6 Å². The lowest BCUT2D eigenvalue weighted by atomic mass is 10.2. The Labute approximate surface area is 130 Å². The number of nitrogens with zero attached hydrogens (tertiary/aromatic N) is 1. The molecule has 0 aromatic heterocycles. The van der Waals surface area contributed by atoms with Gasteiger partial charge in [0.05, 0.1) is 5.75 Å². The summed E-state index contributed by atoms with van der Waals surface area (Å²) in [5.41, 5.74) is 1.09. The standard InChI is InChI=1S/C15H21ClN2OS/c16-14-6-2-1-5-13(14)11-20-12-15(19)17-7-10-18-8-3-4-9-18/h1-2,5-6H,3-4,7-12H2,(H,17,19). The summed E-state index contributed by atoms with van der Waals surface area (Å²) in [6.07, 6.45) is 2.59. The Kier molecular flexibility index (Phi) is 6.70. The van der Waals surface area contributed by atoms with E-state index in [1.54, 1.807) is 11.8 Å². The van der Waals surface area contributed by atoms with Gasteiger partial charge >= 0.3 is 0 Å². The summed E-state index contributed by atoms with van der Waals surface area (Å²) in [7, 11) is 0. The fourth-order valence-corrected chi connectivity index (χ4v) is 3.42. The summed E-state index contributed by atoms with van der Waals surface area (Å²) in [6.45, 7) is 4.08. The molecule has 1 N–H and O–H groups in total. The van der Waals surface area contributed by atoms with Crippen LogP contribution in [0.1, 0.15) is 18.4 Å². The quantitative estimate of drug-likeness (QED) is 0.840. The lowest BCUT2D eigenvalue weighted by Gasteiger charge is -2.14. The molecule has 1 saturated heterocycles. The van der Waals surface area contributed by atoms with Crippen LogP contribution in [0.4, 0.5) is 0 Å². The van der Waals surface area contributed by atoms with Crippen LogP contribution in [0, 0.1) is 0 Å². The molecule has 0 bridgehead atoms. The van der Waals surface area contributed by atoms with E-state index in [1.165, 1.54) is 25.9 Å². The molecule has 5 heteroatoms. The van der Waals surface area contributed by atoms with E-state index in [-0.39, 0.29) is 5.91 Å². The Morgan fingerprint density at radius 3 is 2.80 bits per heavy atom. The van der Waals surface area contributed by atoms with Crippen molar-refractivity contribution in [2.75, 3.05) is 31.9 Å². The van der Waals surface area contributed by atoms with Crippen LogP contribution in [0.5, 0.6) is 0 Å². The molecule has 1 fully saturated rings. The molecule has 1 aromatic carbocycles. The van der Waals surface area contributed by atoms with E-state index in [0.29, 0.717) is 5.75 Å². The van der Waals surface area contributed by atoms with Gasteiger partial charge in [-0.15, -0.1) is 11.8 Å². The molecular weight excluding hydrogens is 292 g/mol. The lowest BCUT2D eigenvalue weighted by molar-refractivity contribution is -0.118. The highest BCUT2D eigenvalue weighted by Gasteiger charge is 2.11. The van der Waals surface area contributed by atoms with E-state index in [1.807, 2.05) is 24.3 Å². The minimum Gasteiger partial charge on any atom is -0.354 e. The minimum absolute atomic E-state index is 0.112. The molecule has 0 saturated carbocycles. The number of likely N-dealkylation sites (tertiary alicyclic amines) is 1. The zero-order valence-corrected chi connectivity index (χ0v) is 13.2. The van der Waals surface area contributed by atoms with Crippen molar-refractivity contribution in [3.63, 3.8) is 0 Å². The molecule has 0 radical (unpaired) electrons. The van der Waals surface area contributed by atoms with Crippen molar-refractivity contribution < 1.29 is 4.79 Å². The van der Waals surface area contributed by atoms with Crippen LogP contribution < -0.4 is 5.32 Å². The van der Waals surface area contributed by atoms with Crippen LogP contribution in [-0.4, -0.2) is 42.7 Å². The van der Waals surface area contributed by atoms with E-state index < -0.39 is 0 Å². The Morgan fingerprint density at radius 2 is 2.05 bits per heavy atom. The van der Waals surface area contributed by atoms with Crippen molar-refractivity contribution in [1.82, 2.24) is 10.2 Å². The number of carbonyl (C=O) groups excluding carboxylic acids is 1. The van der Waals surface area contributed by atoms with Gasteiger partial charge in [0.25, 0.3) is 0 Å².